The molecule has 4 nitrogen and oxygen atoms in total. The molecule has 2 amide bonds. The minimum absolute atomic E-state index is 0.0950. The molecular formula is C21H23FN2O2. The average molecular weight is 354 g/mol. The molecule has 0 bridgehead atoms. The van der Waals surface area contributed by atoms with Crippen molar-refractivity contribution in [2.75, 3.05) is 5.32 Å². The smallest absolute Gasteiger partial charge is 0.255 e. The van der Waals surface area contributed by atoms with Gasteiger partial charge in [-0.2, -0.15) is 0 Å². The summed E-state index contributed by atoms with van der Waals surface area (Å²) in [4.78, 5) is 24.6. The highest BCUT2D eigenvalue weighted by Crippen LogP contribution is 2.18. The lowest BCUT2D eigenvalue weighted by Crippen LogP contribution is -2.34. The molecule has 3 rings (SSSR count). The summed E-state index contributed by atoms with van der Waals surface area (Å²) >= 11 is 0. The Morgan fingerprint density at radius 2 is 1.31 bits per heavy atom. The molecule has 0 saturated heterocycles. The van der Waals surface area contributed by atoms with Crippen molar-refractivity contribution in [1.82, 2.24) is 5.32 Å². The van der Waals surface area contributed by atoms with E-state index in [1.54, 1.807) is 24.3 Å². The lowest BCUT2D eigenvalue weighted by molar-refractivity contribution is 0.0932. The van der Waals surface area contributed by atoms with Crippen LogP contribution < -0.4 is 10.6 Å². The molecule has 1 aliphatic rings. The molecule has 5 heteroatoms. The highest BCUT2D eigenvalue weighted by atomic mass is 19.1. The van der Waals surface area contributed by atoms with Crippen LogP contribution >= 0.6 is 0 Å². The normalized spacial score (nSPS) is 15.1. The molecule has 0 atom stereocenters. The zero-order valence-electron chi connectivity index (χ0n) is 14.6. The minimum Gasteiger partial charge on any atom is -0.349 e. The molecule has 136 valence electrons. The van der Waals surface area contributed by atoms with Gasteiger partial charge in [0, 0.05) is 22.9 Å². The van der Waals surface area contributed by atoms with Crippen LogP contribution in [0.15, 0.2) is 48.5 Å². The van der Waals surface area contributed by atoms with Gasteiger partial charge in [0.05, 0.1) is 0 Å². The van der Waals surface area contributed by atoms with Crippen LogP contribution in [0, 0.1) is 5.82 Å². The SMILES string of the molecule is O=C(Nc1ccc(F)cc1)c1ccc(C(=O)NC2CCCCCC2)cc1. The molecule has 0 spiro atoms. The number of hydrogen-bond donors (Lipinski definition) is 2. The van der Waals surface area contributed by atoms with Crippen LogP contribution in [0.5, 0.6) is 0 Å². The van der Waals surface area contributed by atoms with Crippen LogP contribution in [0.3, 0.4) is 0 Å². The first-order valence-electron chi connectivity index (χ1n) is 9.10. The van der Waals surface area contributed by atoms with Gasteiger partial charge < -0.3 is 10.6 Å². The van der Waals surface area contributed by atoms with Crippen LogP contribution in [-0.4, -0.2) is 17.9 Å². The van der Waals surface area contributed by atoms with E-state index in [1.807, 2.05) is 0 Å². The summed E-state index contributed by atoms with van der Waals surface area (Å²) in [5, 5.41) is 5.79. The number of rotatable bonds is 4. The van der Waals surface area contributed by atoms with Crippen molar-refractivity contribution < 1.29 is 14.0 Å². The quantitative estimate of drug-likeness (QED) is 0.793. The van der Waals surface area contributed by atoms with Crippen molar-refractivity contribution in [1.29, 1.82) is 0 Å². The van der Waals surface area contributed by atoms with Crippen LogP contribution in [0.2, 0.25) is 0 Å². The molecule has 1 saturated carbocycles. The number of amides is 2. The number of halogens is 1. The van der Waals surface area contributed by atoms with Crippen molar-refractivity contribution in [2.45, 2.75) is 44.6 Å². The Bertz CT molecular complexity index is 749. The van der Waals surface area contributed by atoms with Gasteiger partial charge in [-0.15, -0.1) is 0 Å². The number of nitrogens with one attached hydrogen (secondary N) is 2. The van der Waals surface area contributed by atoms with Crippen LogP contribution in [0.1, 0.15) is 59.2 Å². The first-order chi connectivity index (χ1) is 12.6. The average Bonchev–Trinajstić information content (AvgIpc) is 2.92. The predicted octanol–water partition coefficient (Wildman–Crippen LogP) is 4.53. The summed E-state index contributed by atoms with van der Waals surface area (Å²) in [5.74, 6) is -0.748. The monoisotopic (exact) mass is 354 g/mol. The zero-order chi connectivity index (χ0) is 18.4. The van der Waals surface area contributed by atoms with Crippen molar-refractivity contribution in [3.63, 3.8) is 0 Å². The van der Waals surface area contributed by atoms with E-state index in [9.17, 15) is 14.0 Å². The molecule has 1 fully saturated rings. The predicted molar refractivity (Wildman–Crippen MR) is 99.8 cm³/mol. The van der Waals surface area contributed by atoms with E-state index in [0.29, 0.717) is 16.8 Å². The Morgan fingerprint density at radius 1 is 0.769 bits per heavy atom. The molecule has 0 unspecified atom stereocenters. The first-order valence-corrected chi connectivity index (χ1v) is 9.10. The van der Waals surface area contributed by atoms with Gasteiger partial charge in [0.15, 0.2) is 0 Å². The largest absolute Gasteiger partial charge is 0.349 e. The van der Waals surface area contributed by atoms with Gasteiger partial charge in [0.2, 0.25) is 0 Å². The fraction of sp³-hybridized carbons (Fsp3) is 0.333. The summed E-state index contributed by atoms with van der Waals surface area (Å²) in [6.45, 7) is 0. The Morgan fingerprint density at radius 3 is 1.88 bits per heavy atom. The molecule has 0 radical (unpaired) electrons. The van der Waals surface area contributed by atoms with Crippen LogP contribution in [-0.2, 0) is 0 Å². The zero-order valence-corrected chi connectivity index (χ0v) is 14.6. The third-order valence-electron chi connectivity index (χ3n) is 4.70. The molecule has 0 aliphatic heterocycles. The standard InChI is InChI=1S/C21H23FN2O2/c22-17-11-13-19(14-12-17)24-21(26)16-9-7-15(8-10-16)20(25)23-18-5-3-1-2-4-6-18/h7-14,18H,1-6H2,(H,23,25)(H,24,26). The van der Waals surface area contributed by atoms with Crippen molar-refractivity contribution in [3.8, 4) is 0 Å². The first kappa shape index (κ1) is 18.1. The summed E-state index contributed by atoms with van der Waals surface area (Å²) in [5.41, 5.74) is 1.51. The van der Waals surface area contributed by atoms with Gasteiger partial charge >= 0.3 is 0 Å². The van der Waals surface area contributed by atoms with Crippen LogP contribution in [0.25, 0.3) is 0 Å². The molecule has 2 aromatic rings. The van der Waals surface area contributed by atoms with E-state index >= 15 is 0 Å². The van der Waals surface area contributed by atoms with Gasteiger partial charge in [-0.25, -0.2) is 4.39 Å². The van der Waals surface area contributed by atoms with Crippen molar-refractivity contribution in [3.05, 3.63) is 65.5 Å². The van der Waals surface area contributed by atoms with E-state index in [1.165, 1.54) is 37.1 Å². The van der Waals surface area contributed by atoms with Gasteiger partial charge in [-0.1, -0.05) is 25.7 Å². The van der Waals surface area contributed by atoms with E-state index < -0.39 is 0 Å². The van der Waals surface area contributed by atoms with E-state index in [0.717, 1.165) is 25.7 Å². The molecule has 2 aromatic carbocycles. The number of carbonyl (C=O) groups excluding carboxylic acids is 2. The third-order valence-corrected chi connectivity index (χ3v) is 4.70. The highest BCUT2D eigenvalue weighted by molar-refractivity contribution is 6.05. The number of anilines is 1. The molecule has 2 N–H and O–H groups in total. The number of benzene rings is 2. The second-order valence-corrected chi connectivity index (χ2v) is 6.70. The second kappa shape index (κ2) is 8.61. The fourth-order valence-corrected chi connectivity index (χ4v) is 3.20. The van der Waals surface area contributed by atoms with Gasteiger partial charge in [0.1, 0.15) is 5.82 Å². The van der Waals surface area contributed by atoms with Gasteiger partial charge in [0.25, 0.3) is 11.8 Å². The third kappa shape index (κ3) is 4.91. The Kier molecular flexibility index (Phi) is 6.00. The Balaban J connectivity index is 1.59. The maximum Gasteiger partial charge on any atom is 0.255 e. The van der Waals surface area contributed by atoms with Crippen LogP contribution in [0.4, 0.5) is 10.1 Å². The van der Waals surface area contributed by atoms with E-state index in [4.69, 9.17) is 0 Å². The van der Waals surface area contributed by atoms with Crippen molar-refractivity contribution >= 4 is 17.5 Å². The second-order valence-electron chi connectivity index (χ2n) is 6.70. The lowest BCUT2D eigenvalue weighted by Gasteiger charge is -2.16. The fourth-order valence-electron chi connectivity index (χ4n) is 3.20. The molecule has 26 heavy (non-hydrogen) atoms. The van der Waals surface area contributed by atoms with Gasteiger partial charge in [-0.3, -0.25) is 9.59 Å². The maximum absolute atomic E-state index is 12.9. The summed E-state index contributed by atoms with van der Waals surface area (Å²) < 4.78 is 12.9. The summed E-state index contributed by atoms with van der Waals surface area (Å²) in [6, 6.07) is 12.4. The highest BCUT2D eigenvalue weighted by Gasteiger charge is 2.16. The molecule has 0 heterocycles. The van der Waals surface area contributed by atoms with Crippen molar-refractivity contribution in [2.24, 2.45) is 0 Å². The Hall–Kier alpha value is -2.69. The van der Waals surface area contributed by atoms with Gasteiger partial charge in [-0.05, 0) is 61.4 Å². The maximum atomic E-state index is 12.9. The lowest BCUT2D eigenvalue weighted by atomic mass is 10.1. The van der Waals surface area contributed by atoms with E-state index in [2.05, 4.69) is 10.6 Å². The number of hydrogen-bond acceptors (Lipinski definition) is 2. The van der Waals surface area contributed by atoms with E-state index in [-0.39, 0.29) is 23.7 Å². The summed E-state index contributed by atoms with van der Waals surface area (Å²) in [7, 11) is 0. The molecule has 1 aliphatic carbocycles. The minimum atomic E-state index is -0.355. The number of carbonyl (C=O) groups is 2. The Labute approximate surface area is 152 Å². The summed E-state index contributed by atoms with van der Waals surface area (Å²) in [6.07, 6.45) is 6.86. The topological polar surface area (TPSA) is 58.2 Å². The molecule has 0 aromatic heterocycles. The molecular weight excluding hydrogens is 331 g/mol.